The van der Waals surface area contributed by atoms with Crippen molar-refractivity contribution in [2.75, 3.05) is 7.11 Å². The van der Waals surface area contributed by atoms with Crippen LogP contribution in [0.1, 0.15) is 13.3 Å². The Morgan fingerprint density at radius 1 is 1.45 bits per heavy atom. The molecule has 1 rings (SSSR count). The fourth-order valence-corrected chi connectivity index (χ4v) is 0.868. The first-order chi connectivity index (χ1) is 5.24. The van der Waals surface area contributed by atoms with Gasteiger partial charge in [0, 0.05) is 6.42 Å². The summed E-state index contributed by atoms with van der Waals surface area (Å²) in [6.07, 6.45) is 5.57. The van der Waals surface area contributed by atoms with Crippen molar-refractivity contribution in [3.05, 3.63) is 35.4 Å². The minimum absolute atomic E-state index is 0.183. The molecule has 0 aromatic carbocycles. The number of ether oxygens (including phenoxy) is 1. The molecule has 0 fully saturated rings. The van der Waals surface area contributed by atoms with Gasteiger partial charge in [0.25, 0.3) is 0 Å². The first-order valence-corrected chi connectivity index (χ1v) is 3.51. The van der Waals surface area contributed by atoms with E-state index < -0.39 is 0 Å². The molecule has 0 bridgehead atoms. The maximum atomic E-state index is 12.8. The zero-order valence-corrected chi connectivity index (χ0v) is 6.73. The standard InChI is InChI=1S/C9H11FO/c1-7-3-4-8(11-2)5-6-9(7)10/h3,5-6H,4H2,1-2H3. The molecule has 0 unspecified atom stereocenters. The lowest BCUT2D eigenvalue weighted by atomic mass is 10.2. The highest BCUT2D eigenvalue weighted by molar-refractivity contribution is 5.31. The van der Waals surface area contributed by atoms with Gasteiger partial charge in [0.15, 0.2) is 0 Å². The zero-order chi connectivity index (χ0) is 8.27. The first-order valence-electron chi connectivity index (χ1n) is 3.51. The third-order valence-electron chi connectivity index (χ3n) is 1.66. The maximum Gasteiger partial charge on any atom is 0.125 e. The van der Waals surface area contributed by atoms with Crippen LogP contribution in [0.4, 0.5) is 4.39 Å². The zero-order valence-electron chi connectivity index (χ0n) is 6.73. The molecule has 2 heteroatoms. The Hall–Kier alpha value is -1.05. The van der Waals surface area contributed by atoms with Gasteiger partial charge in [-0.05, 0) is 24.6 Å². The highest BCUT2D eigenvalue weighted by Crippen LogP contribution is 2.18. The van der Waals surface area contributed by atoms with Crippen LogP contribution in [-0.4, -0.2) is 7.11 Å². The maximum absolute atomic E-state index is 12.8. The SMILES string of the molecule is COC1=CC=C(F)C(C)=CC1. The van der Waals surface area contributed by atoms with Crippen LogP contribution in [0.15, 0.2) is 35.4 Å². The number of allylic oxidation sites excluding steroid dienone is 5. The average molecular weight is 154 g/mol. The van der Waals surface area contributed by atoms with Gasteiger partial charge in [-0.3, -0.25) is 0 Å². The van der Waals surface area contributed by atoms with Gasteiger partial charge in [-0.2, -0.15) is 0 Å². The van der Waals surface area contributed by atoms with E-state index in [2.05, 4.69) is 0 Å². The largest absolute Gasteiger partial charge is 0.501 e. The van der Waals surface area contributed by atoms with Crippen molar-refractivity contribution in [3.63, 3.8) is 0 Å². The summed E-state index contributed by atoms with van der Waals surface area (Å²) in [5.41, 5.74) is 0.674. The molecular formula is C9H11FO. The van der Waals surface area contributed by atoms with E-state index in [-0.39, 0.29) is 5.83 Å². The van der Waals surface area contributed by atoms with Crippen LogP contribution in [0.2, 0.25) is 0 Å². The van der Waals surface area contributed by atoms with E-state index in [1.807, 2.05) is 6.08 Å². The molecule has 0 radical (unpaired) electrons. The molecule has 0 atom stereocenters. The van der Waals surface area contributed by atoms with Gasteiger partial charge in [-0.25, -0.2) is 4.39 Å². The molecule has 0 amide bonds. The molecule has 0 spiro atoms. The normalized spacial score (nSPS) is 17.9. The van der Waals surface area contributed by atoms with Crippen LogP contribution >= 0.6 is 0 Å². The molecule has 0 aliphatic heterocycles. The van der Waals surface area contributed by atoms with Crippen molar-refractivity contribution in [2.45, 2.75) is 13.3 Å². The minimum Gasteiger partial charge on any atom is -0.501 e. The van der Waals surface area contributed by atoms with Gasteiger partial charge >= 0.3 is 0 Å². The van der Waals surface area contributed by atoms with Crippen LogP contribution < -0.4 is 0 Å². The molecule has 1 nitrogen and oxygen atoms in total. The lowest BCUT2D eigenvalue weighted by molar-refractivity contribution is 0.285. The van der Waals surface area contributed by atoms with Crippen molar-refractivity contribution < 1.29 is 9.13 Å². The summed E-state index contributed by atoms with van der Waals surface area (Å²) in [7, 11) is 1.59. The summed E-state index contributed by atoms with van der Waals surface area (Å²) >= 11 is 0. The summed E-state index contributed by atoms with van der Waals surface area (Å²) in [6, 6.07) is 0. The van der Waals surface area contributed by atoms with Crippen molar-refractivity contribution in [1.82, 2.24) is 0 Å². The molecule has 0 aromatic heterocycles. The second-order valence-electron chi connectivity index (χ2n) is 2.44. The van der Waals surface area contributed by atoms with Crippen LogP contribution in [0.5, 0.6) is 0 Å². The lowest BCUT2D eigenvalue weighted by Gasteiger charge is -1.98. The average Bonchev–Trinajstić information content (AvgIpc) is 2.16. The second kappa shape index (κ2) is 3.37. The molecule has 0 N–H and O–H groups in total. The summed E-state index contributed by atoms with van der Waals surface area (Å²) in [6.45, 7) is 1.75. The Balaban J connectivity index is 2.84. The van der Waals surface area contributed by atoms with Crippen molar-refractivity contribution >= 4 is 0 Å². The highest BCUT2D eigenvalue weighted by atomic mass is 19.1. The molecule has 60 valence electrons. The molecule has 0 heterocycles. The number of methoxy groups -OCH3 is 1. The van der Waals surface area contributed by atoms with Gasteiger partial charge in [0.1, 0.15) is 5.83 Å². The van der Waals surface area contributed by atoms with Gasteiger partial charge in [-0.15, -0.1) is 0 Å². The smallest absolute Gasteiger partial charge is 0.125 e. The van der Waals surface area contributed by atoms with Crippen molar-refractivity contribution in [1.29, 1.82) is 0 Å². The number of hydrogen-bond acceptors (Lipinski definition) is 1. The molecule has 1 aliphatic carbocycles. The first kappa shape index (κ1) is 8.05. The summed E-state index contributed by atoms with van der Waals surface area (Å²) in [5.74, 6) is 0.606. The summed E-state index contributed by atoms with van der Waals surface area (Å²) in [4.78, 5) is 0. The van der Waals surface area contributed by atoms with E-state index in [1.165, 1.54) is 6.08 Å². The fraction of sp³-hybridized carbons (Fsp3) is 0.333. The monoisotopic (exact) mass is 154 g/mol. The van der Waals surface area contributed by atoms with E-state index in [4.69, 9.17) is 4.74 Å². The second-order valence-corrected chi connectivity index (χ2v) is 2.44. The van der Waals surface area contributed by atoms with Crippen LogP contribution in [0.25, 0.3) is 0 Å². The fourth-order valence-electron chi connectivity index (χ4n) is 0.868. The topological polar surface area (TPSA) is 9.23 Å². The third kappa shape index (κ3) is 1.93. The Kier molecular flexibility index (Phi) is 2.47. The van der Waals surface area contributed by atoms with Crippen LogP contribution in [0, 0.1) is 0 Å². The molecule has 11 heavy (non-hydrogen) atoms. The number of halogens is 1. The quantitative estimate of drug-likeness (QED) is 0.564. The van der Waals surface area contributed by atoms with E-state index >= 15 is 0 Å². The van der Waals surface area contributed by atoms with Gasteiger partial charge in [0.2, 0.25) is 0 Å². The molecule has 0 saturated carbocycles. The Bertz CT molecular complexity index is 236. The molecule has 1 aliphatic rings. The Labute approximate surface area is 65.9 Å². The van der Waals surface area contributed by atoms with Crippen LogP contribution in [0.3, 0.4) is 0 Å². The lowest BCUT2D eigenvalue weighted by Crippen LogP contribution is -1.82. The predicted octanol–water partition coefficient (Wildman–Crippen LogP) is 2.72. The van der Waals surface area contributed by atoms with Gasteiger partial charge in [-0.1, -0.05) is 6.08 Å². The third-order valence-corrected chi connectivity index (χ3v) is 1.66. The van der Waals surface area contributed by atoms with Gasteiger partial charge < -0.3 is 4.74 Å². The van der Waals surface area contributed by atoms with Gasteiger partial charge in [0.05, 0.1) is 12.9 Å². The predicted molar refractivity (Wildman–Crippen MR) is 42.7 cm³/mol. The van der Waals surface area contributed by atoms with E-state index in [0.717, 1.165) is 5.76 Å². The van der Waals surface area contributed by atoms with Crippen molar-refractivity contribution in [2.24, 2.45) is 0 Å². The van der Waals surface area contributed by atoms with E-state index in [9.17, 15) is 4.39 Å². The molecular weight excluding hydrogens is 143 g/mol. The minimum atomic E-state index is -0.183. The Morgan fingerprint density at radius 2 is 2.18 bits per heavy atom. The van der Waals surface area contributed by atoms with Crippen LogP contribution in [-0.2, 0) is 4.74 Å². The number of hydrogen-bond donors (Lipinski definition) is 0. The Morgan fingerprint density at radius 3 is 2.82 bits per heavy atom. The molecule has 0 saturated heterocycles. The molecule has 0 aromatic rings. The highest BCUT2D eigenvalue weighted by Gasteiger charge is 2.02. The summed E-state index contributed by atoms with van der Waals surface area (Å²) in [5, 5.41) is 0. The van der Waals surface area contributed by atoms with Crippen molar-refractivity contribution in [3.8, 4) is 0 Å². The van der Waals surface area contributed by atoms with E-state index in [0.29, 0.717) is 12.0 Å². The number of rotatable bonds is 1. The van der Waals surface area contributed by atoms with E-state index in [1.54, 1.807) is 20.1 Å². The summed E-state index contributed by atoms with van der Waals surface area (Å²) < 4.78 is 17.8.